The molecule has 19 heavy (non-hydrogen) atoms. The Hall–Kier alpha value is -1.26. The third kappa shape index (κ3) is 3.85. The molecule has 1 heterocycles. The van der Waals surface area contributed by atoms with E-state index < -0.39 is 0 Å². The van der Waals surface area contributed by atoms with Crippen molar-refractivity contribution >= 4 is 12.1 Å². The lowest BCUT2D eigenvalue weighted by Crippen LogP contribution is -2.57. The number of piperidine rings is 1. The van der Waals surface area contributed by atoms with E-state index in [4.69, 9.17) is 0 Å². The number of ketones is 1. The zero-order chi connectivity index (χ0) is 14.7. The molecular weight excluding hydrogens is 244 g/mol. The van der Waals surface area contributed by atoms with E-state index in [0.717, 1.165) is 19.1 Å². The molecule has 0 unspecified atom stereocenters. The minimum absolute atomic E-state index is 0.135. The Morgan fingerprint density at radius 2 is 1.79 bits per heavy atom. The molecule has 0 N–H and O–H groups in total. The number of Topliss-reactive ketones (excluding diaryl/α,β-unsaturated/α-hetero) is 1. The van der Waals surface area contributed by atoms with Crippen molar-refractivity contribution in [2.45, 2.75) is 70.9 Å². The second kappa shape index (κ2) is 5.80. The van der Waals surface area contributed by atoms with Crippen molar-refractivity contribution in [3.05, 3.63) is 4.91 Å². The summed E-state index contributed by atoms with van der Waals surface area (Å²) in [6, 6.07) is 0. The number of carbonyl (C=O) groups excluding carboxylic acids is 2. The van der Waals surface area contributed by atoms with E-state index in [9.17, 15) is 14.5 Å². The third-order valence-electron chi connectivity index (χ3n) is 3.86. The lowest BCUT2D eigenvalue weighted by molar-refractivity contribution is -0.123. The summed E-state index contributed by atoms with van der Waals surface area (Å²) in [4.78, 5) is 33.1. The molecule has 5 heteroatoms. The number of aldehydes is 1. The van der Waals surface area contributed by atoms with Gasteiger partial charge in [-0.1, -0.05) is 0 Å². The van der Waals surface area contributed by atoms with Crippen molar-refractivity contribution < 1.29 is 9.59 Å². The molecular formula is C14H24N2O3. The molecule has 0 amide bonds. The fraction of sp³-hybridized carbons (Fsp3) is 0.857. The lowest BCUT2D eigenvalue weighted by atomic mass is 9.73. The van der Waals surface area contributed by atoms with Gasteiger partial charge < -0.3 is 4.79 Å². The fourth-order valence-corrected chi connectivity index (χ4v) is 3.49. The summed E-state index contributed by atoms with van der Waals surface area (Å²) in [5, 5.41) is 4.79. The van der Waals surface area contributed by atoms with Gasteiger partial charge in [0.15, 0.2) is 0 Å². The van der Waals surface area contributed by atoms with Crippen LogP contribution in [0.25, 0.3) is 0 Å². The number of hydrogen-bond donors (Lipinski definition) is 0. The van der Waals surface area contributed by atoms with Crippen LogP contribution in [0, 0.1) is 10.8 Å². The van der Waals surface area contributed by atoms with Gasteiger partial charge in [0.2, 0.25) is 0 Å². The van der Waals surface area contributed by atoms with Crippen LogP contribution >= 0.6 is 0 Å². The normalized spacial score (nSPS) is 22.0. The molecule has 0 atom stereocenters. The van der Waals surface area contributed by atoms with E-state index in [1.165, 1.54) is 0 Å². The van der Waals surface area contributed by atoms with Crippen molar-refractivity contribution in [2.24, 2.45) is 11.2 Å². The zero-order valence-electron chi connectivity index (χ0n) is 12.3. The first-order valence-electron chi connectivity index (χ1n) is 6.82. The average molecular weight is 268 g/mol. The SMILES string of the molecule is CC1(C)CC(CC(=O)CCC=O)CC(C)(C)N1N=O. The molecule has 1 fully saturated rings. The van der Waals surface area contributed by atoms with Crippen molar-refractivity contribution in [3.8, 4) is 0 Å². The first-order valence-corrected chi connectivity index (χ1v) is 6.82. The predicted octanol–water partition coefficient (Wildman–Crippen LogP) is 2.88. The van der Waals surface area contributed by atoms with Gasteiger partial charge in [-0.15, -0.1) is 4.91 Å². The van der Waals surface area contributed by atoms with Crippen LogP contribution in [0.1, 0.15) is 59.8 Å². The van der Waals surface area contributed by atoms with Crippen LogP contribution in [0.5, 0.6) is 0 Å². The van der Waals surface area contributed by atoms with Crippen LogP contribution in [0.3, 0.4) is 0 Å². The molecule has 0 aromatic carbocycles. The molecule has 1 aliphatic heterocycles. The van der Waals surface area contributed by atoms with Crippen LogP contribution < -0.4 is 0 Å². The second-order valence-electron chi connectivity index (χ2n) is 6.74. The Bertz CT molecular complexity index is 346. The van der Waals surface area contributed by atoms with E-state index in [1.54, 1.807) is 5.01 Å². The van der Waals surface area contributed by atoms with Crippen LogP contribution in [-0.2, 0) is 9.59 Å². The summed E-state index contributed by atoms with van der Waals surface area (Å²) in [6.07, 6.45) is 3.46. The Labute approximate surface area is 114 Å². The molecule has 0 saturated carbocycles. The van der Waals surface area contributed by atoms with Gasteiger partial charge in [-0.25, -0.2) is 5.01 Å². The molecule has 5 nitrogen and oxygen atoms in total. The summed E-state index contributed by atoms with van der Waals surface area (Å²) in [6.45, 7) is 7.94. The van der Waals surface area contributed by atoms with E-state index in [1.807, 2.05) is 27.7 Å². The van der Waals surface area contributed by atoms with Crippen molar-refractivity contribution in [3.63, 3.8) is 0 Å². The summed E-state index contributed by atoms with van der Waals surface area (Å²) in [5.74, 6) is 0.387. The molecule has 1 rings (SSSR count). The summed E-state index contributed by atoms with van der Waals surface area (Å²) < 4.78 is 0. The Morgan fingerprint density at radius 3 is 2.21 bits per heavy atom. The van der Waals surface area contributed by atoms with Crippen LogP contribution in [-0.4, -0.2) is 28.2 Å². The average Bonchev–Trinajstić information content (AvgIpc) is 2.23. The zero-order valence-corrected chi connectivity index (χ0v) is 12.3. The molecule has 0 aromatic rings. The molecule has 0 aliphatic carbocycles. The molecule has 0 radical (unpaired) electrons. The van der Waals surface area contributed by atoms with E-state index in [-0.39, 0.29) is 22.8 Å². The van der Waals surface area contributed by atoms with Crippen LogP contribution in [0.4, 0.5) is 0 Å². The number of rotatable bonds is 6. The van der Waals surface area contributed by atoms with Crippen LogP contribution in [0.2, 0.25) is 0 Å². The number of hydrogen-bond acceptors (Lipinski definition) is 4. The Kier molecular flexibility index (Phi) is 4.82. The quantitative estimate of drug-likeness (QED) is 0.548. The number of carbonyl (C=O) groups is 2. The summed E-state index contributed by atoms with van der Waals surface area (Å²) >= 11 is 0. The van der Waals surface area contributed by atoms with Gasteiger partial charge in [0.1, 0.15) is 12.1 Å². The first-order chi connectivity index (χ1) is 8.73. The fourth-order valence-electron chi connectivity index (χ4n) is 3.49. The van der Waals surface area contributed by atoms with E-state index in [0.29, 0.717) is 19.3 Å². The molecule has 0 bridgehead atoms. The molecule has 1 aliphatic rings. The standard InChI is InChI=1S/C14H24N2O3/c1-13(2)9-11(8-12(18)6-5-7-17)10-14(3,4)16(13)15-19/h7,11H,5-6,8-10H2,1-4H3. The maximum Gasteiger partial charge on any atom is 0.133 e. The van der Waals surface area contributed by atoms with Gasteiger partial charge in [0.25, 0.3) is 0 Å². The largest absolute Gasteiger partial charge is 0.303 e. The van der Waals surface area contributed by atoms with Gasteiger partial charge in [0, 0.05) is 19.3 Å². The maximum atomic E-state index is 11.8. The Morgan fingerprint density at radius 1 is 1.26 bits per heavy atom. The van der Waals surface area contributed by atoms with Gasteiger partial charge >= 0.3 is 0 Å². The highest BCUT2D eigenvalue weighted by Gasteiger charge is 2.46. The molecule has 1 saturated heterocycles. The number of nitroso groups, excluding NO2 is 1. The monoisotopic (exact) mass is 268 g/mol. The smallest absolute Gasteiger partial charge is 0.133 e. The minimum atomic E-state index is -0.334. The van der Waals surface area contributed by atoms with Crippen molar-refractivity contribution in [1.29, 1.82) is 0 Å². The minimum Gasteiger partial charge on any atom is -0.303 e. The summed E-state index contributed by atoms with van der Waals surface area (Å²) in [7, 11) is 0. The van der Waals surface area contributed by atoms with Crippen molar-refractivity contribution in [2.75, 3.05) is 0 Å². The predicted molar refractivity (Wildman–Crippen MR) is 73.4 cm³/mol. The second-order valence-corrected chi connectivity index (χ2v) is 6.74. The van der Waals surface area contributed by atoms with Gasteiger partial charge in [0.05, 0.1) is 16.4 Å². The van der Waals surface area contributed by atoms with Crippen LogP contribution in [0.15, 0.2) is 5.29 Å². The molecule has 108 valence electrons. The molecule has 0 aromatic heterocycles. The topological polar surface area (TPSA) is 66.8 Å². The first kappa shape index (κ1) is 15.8. The maximum absolute atomic E-state index is 11.8. The summed E-state index contributed by atoms with van der Waals surface area (Å²) in [5.41, 5.74) is -0.668. The van der Waals surface area contributed by atoms with Gasteiger partial charge in [-0.05, 0) is 46.5 Å². The van der Waals surface area contributed by atoms with Crippen molar-refractivity contribution in [1.82, 2.24) is 5.01 Å². The molecule has 0 spiro atoms. The highest BCUT2D eigenvalue weighted by atomic mass is 16.3. The van der Waals surface area contributed by atoms with E-state index in [2.05, 4.69) is 5.29 Å². The highest BCUT2D eigenvalue weighted by molar-refractivity contribution is 5.80. The van der Waals surface area contributed by atoms with E-state index >= 15 is 0 Å². The lowest BCUT2D eigenvalue weighted by Gasteiger charge is -2.51. The highest BCUT2D eigenvalue weighted by Crippen LogP contribution is 2.42. The van der Waals surface area contributed by atoms with Gasteiger partial charge in [-0.2, -0.15) is 0 Å². The third-order valence-corrected chi connectivity index (χ3v) is 3.86. The Balaban J connectivity index is 2.71. The van der Waals surface area contributed by atoms with Gasteiger partial charge in [-0.3, -0.25) is 4.79 Å². The number of nitrogens with zero attached hydrogens (tertiary/aromatic N) is 2.